The fourth-order valence-electron chi connectivity index (χ4n) is 2.64. The minimum atomic E-state index is -0.456. The Balaban J connectivity index is 2.08. The number of amides is 1. The Bertz CT molecular complexity index is 999. The third-order valence-corrected chi connectivity index (χ3v) is 4.76. The number of hydrazone groups is 1. The van der Waals surface area contributed by atoms with Crippen molar-refractivity contribution in [2.24, 2.45) is 11.0 Å². The number of rotatable bonds is 3. The molecule has 3 N–H and O–H groups in total. The zero-order chi connectivity index (χ0) is 19.9. The summed E-state index contributed by atoms with van der Waals surface area (Å²) in [5.74, 6) is -1.64. The van der Waals surface area contributed by atoms with Crippen LogP contribution in [0.1, 0.15) is 19.4 Å². The molecule has 3 rings (SSSR count). The molecule has 0 spiro atoms. The molecule has 0 unspecified atom stereocenters. The van der Waals surface area contributed by atoms with E-state index in [4.69, 9.17) is 23.2 Å². The van der Waals surface area contributed by atoms with Crippen LogP contribution in [0.25, 0.3) is 6.08 Å². The topological polar surface area (TPSA) is 93.4 Å². The Morgan fingerprint density at radius 1 is 1.00 bits per heavy atom. The molecular formula is C19H16Cl2N2O4. The lowest BCUT2D eigenvalue weighted by Crippen LogP contribution is -2.21. The molecule has 0 bridgehead atoms. The maximum absolute atomic E-state index is 13.0. The van der Waals surface area contributed by atoms with Gasteiger partial charge in [-0.25, -0.2) is 0 Å². The minimum Gasteiger partial charge on any atom is -0.507 e. The molecule has 27 heavy (non-hydrogen) atoms. The van der Waals surface area contributed by atoms with Gasteiger partial charge in [0.15, 0.2) is 11.5 Å². The molecule has 0 radical (unpaired) electrons. The Hall–Kier alpha value is -2.70. The van der Waals surface area contributed by atoms with Crippen LogP contribution in [0.3, 0.4) is 0 Å². The average molecular weight is 407 g/mol. The molecule has 2 aromatic rings. The molecule has 6 nitrogen and oxygen atoms in total. The number of anilines is 1. The molecular weight excluding hydrogens is 391 g/mol. The number of hydrogen-bond donors (Lipinski definition) is 3. The Morgan fingerprint density at radius 3 is 2.30 bits per heavy atom. The first kappa shape index (κ1) is 19.1. The van der Waals surface area contributed by atoms with Gasteiger partial charge in [-0.3, -0.25) is 4.79 Å². The largest absolute Gasteiger partial charge is 0.507 e. The predicted molar refractivity (Wildman–Crippen MR) is 106 cm³/mol. The highest BCUT2D eigenvalue weighted by Crippen LogP contribution is 2.36. The molecule has 1 aliphatic heterocycles. The molecule has 0 saturated heterocycles. The van der Waals surface area contributed by atoms with Gasteiger partial charge in [0.25, 0.3) is 5.91 Å². The van der Waals surface area contributed by atoms with E-state index in [9.17, 15) is 20.1 Å². The minimum absolute atomic E-state index is 0.0826. The van der Waals surface area contributed by atoms with Crippen LogP contribution in [0.15, 0.2) is 41.0 Å². The number of benzene rings is 2. The lowest BCUT2D eigenvalue weighted by molar-refractivity contribution is -0.114. The second-order valence-corrected chi connectivity index (χ2v) is 7.13. The van der Waals surface area contributed by atoms with Gasteiger partial charge < -0.3 is 15.3 Å². The summed E-state index contributed by atoms with van der Waals surface area (Å²) in [7, 11) is 0. The van der Waals surface area contributed by atoms with Gasteiger partial charge >= 0.3 is 0 Å². The molecule has 0 aliphatic carbocycles. The Labute approximate surface area is 165 Å². The standard InChI is InChI=1S/C19H16Cl2N2O4/c1-9(2)18-12(5-10-6-16(25)17(26)8-15(10)24)19(27)23(22-18)11-3-4-13(20)14(21)7-11/h3-9,24-26H,1-2H3/b12-5+. The Morgan fingerprint density at radius 2 is 1.67 bits per heavy atom. The lowest BCUT2D eigenvalue weighted by Gasteiger charge is -2.12. The van der Waals surface area contributed by atoms with E-state index < -0.39 is 17.4 Å². The summed E-state index contributed by atoms with van der Waals surface area (Å²) in [5, 5.41) is 35.4. The number of phenolic OH excluding ortho intramolecular Hbond substituents is 3. The second-order valence-electron chi connectivity index (χ2n) is 6.31. The summed E-state index contributed by atoms with van der Waals surface area (Å²) in [5.41, 5.74) is 1.40. The van der Waals surface area contributed by atoms with Crippen LogP contribution < -0.4 is 5.01 Å². The highest BCUT2D eigenvalue weighted by atomic mass is 35.5. The van der Waals surface area contributed by atoms with E-state index in [1.807, 2.05) is 13.8 Å². The monoisotopic (exact) mass is 406 g/mol. The maximum atomic E-state index is 13.0. The normalized spacial score (nSPS) is 15.7. The SMILES string of the molecule is CC(C)C1=NN(c2ccc(Cl)c(Cl)c2)C(=O)/C1=C/c1cc(O)c(O)cc1O. The van der Waals surface area contributed by atoms with Crippen molar-refractivity contribution in [3.8, 4) is 17.2 Å². The summed E-state index contributed by atoms with van der Waals surface area (Å²) < 4.78 is 0. The predicted octanol–water partition coefficient (Wildman–Crippen LogP) is 4.55. The lowest BCUT2D eigenvalue weighted by atomic mass is 9.97. The number of halogens is 2. The van der Waals surface area contributed by atoms with Crippen LogP contribution in [0.2, 0.25) is 10.0 Å². The van der Waals surface area contributed by atoms with E-state index in [0.717, 1.165) is 6.07 Å². The van der Waals surface area contributed by atoms with E-state index in [2.05, 4.69) is 5.10 Å². The zero-order valence-electron chi connectivity index (χ0n) is 14.4. The molecule has 0 fully saturated rings. The summed E-state index contributed by atoms with van der Waals surface area (Å²) in [6.45, 7) is 3.76. The van der Waals surface area contributed by atoms with E-state index in [1.54, 1.807) is 12.1 Å². The van der Waals surface area contributed by atoms with Crippen molar-refractivity contribution >= 4 is 46.6 Å². The van der Waals surface area contributed by atoms with Gasteiger partial charge in [-0.05, 0) is 36.3 Å². The third kappa shape index (κ3) is 3.59. The van der Waals surface area contributed by atoms with Crippen molar-refractivity contribution in [3.05, 3.63) is 51.5 Å². The van der Waals surface area contributed by atoms with Crippen LogP contribution in [0, 0.1) is 5.92 Å². The van der Waals surface area contributed by atoms with E-state index in [-0.39, 0.29) is 22.8 Å². The molecule has 0 aromatic heterocycles. The van der Waals surface area contributed by atoms with Crippen LogP contribution in [-0.2, 0) is 4.79 Å². The van der Waals surface area contributed by atoms with E-state index >= 15 is 0 Å². The average Bonchev–Trinajstić information content (AvgIpc) is 2.92. The van der Waals surface area contributed by atoms with Gasteiger partial charge in [0.1, 0.15) is 5.75 Å². The van der Waals surface area contributed by atoms with E-state index in [0.29, 0.717) is 21.4 Å². The van der Waals surface area contributed by atoms with Crippen molar-refractivity contribution in [2.75, 3.05) is 5.01 Å². The highest BCUT2D eigenvalue weighted by Gasteiger charge is 2.33. The van der Waals surface area contributed by atoms with Gasteiger partial charge in [0.05, 0.1) is 27.0 Å². The fraction of sp³-hybridized carbons (Fsp3) is 0.158. The maximum Gasteiger partial charge on any atom is 0.280 e. The molecule has 2 aromatic carbocycles. The number of hydrogen-bond acceptors (Lipinski definition) is 5. The van der Waals surface area contributed by atoms with Crippen LogP contribution in [0.4, 0.5) is 5.69 Å². The van der Waals surface area contributed by atoms with Gasteiger partial charge in [-0.2, -0.15) is 10.1 Å². The first-order chi connectivity index (χ1) is 12.7. The van der Waals surface area contributed by atoms with Crippen LogP contribution in [-0.4, -0.2) is 26.9 Å². The van der Waals surface area contributed by atoms with E-state index in [1.165, 1.54) is 23.2 Å². The Kier molecular flexibility index (Phi) is 5.04. The van der Waals surface area contributed by atoms with Crippen molar-refractivity contribution in [1.82, 2.24) is 0 Å². The molecule has 8 heteroatoms. The first-order valence-corrected chi connectivity index (χ1v) is 8.79. The van der Waals surface area contributed by atoms with Crippen molar-refractivity contribution < 1.29 is 20.1 Å². The molecule has 140 valence electrons. The van der Waals surface area contributed by atoms with Gasteiger partial charge in [-0.15, -0.1) is 0 Å². The number of carbonyl (C=O) groups is 1. The van der Waals surface area contributed by atoms with Crippen LogP contribution in [0.5, 0.6) is 17.2 Å². The number of aromatic hydroxyl groups is 3. The number of carbonyl (C=O) groups excluding carboxylic acids is 1. The second kappa shape index (κ2) is 7.13. The molecule has 0 saturated carbocycles. The molecule has 1 amide bonds. The van der Waals surface area contributed by atoms with Gasteiger partial charge in [-0.1, -0.05) is 37.0 Å². The molecule has 0 atom stereocenters. The highest BCUT2D eigenvalue weighted by molar-refractivity contribution is 6.42. The smallest absolute Gasteiger partial charge is 0.280 e. The quantitative estimate of drug-likeness (QED) is 0.395. The van der Waals surface area contributed by atoms with Crippen LogP contribution >= 0.6 is 23.2 Å². The number of nitrogens with zero attached hydrogens (tertiary/aromatic N) is 2. The first-order valence-electron chi connectivity index (χ1n) is 8.04. The molecule has 1 aliphatic rings. The fourth-order valence-corrected chi connectivity index (χ4v) is 2.93. The van der Waals surface area contributed by atoms with Crippen molar-refractivity contribution in [1.29, 1.82) is 0 Å². The summed E-state index contributed by atoms with van der Waals surface area (Å²) >= 11 is 12.0. The van der Waals surface area contributed by atoms with Crippen molar-refractivity contribution in [2.45, 2.75) is 13.8 Å². The zero-order valence-corrected chi connectivity index (χ0v) is 16.0. The van der Waals surface area contributed by atoms with Gasteiger partial charge in [0, 0.05) is 11.6 Å². The van der Waals surface area contributed by atoms with Gasteiger partial charge in [0.2, 0.25) is 0 Å². The summed E-state index contributed by atoms with van der Waals surface area (Å²) in [4.78, 5) is 13.0. The number of phenols is 3. The summed E-state index contributed by atoms with van der Waals surface area (Å²) in [6, 6.07) is 6.91. The third-order valence-electron chi connectivity index (χ3n) is 4.02. The van der Waals surface area contributed by atoms with Crippen molar-refractivity contribution in [3.63, 3.8) is 0 Å². The summed E-state index contributed by atoms with van der Waals surface area (Å²) in [6.07, 6.45) is 1.42. The molecule has 1 heterocycles.